The van der Waals surface area contributed by atoms with Crippen molar-refractivity contribution in [2.45, 2.75) is 0 Å². The Labute approximate surface area is 148 Å². The molecule has 2 N–H and O–H groups in total. The Morgan fingerprint density at radius 3 is 2.46 bits per heavy atom. The highest BCUT2D eigenvalue weighted by Crippen LogP contribution is 2.30. The number of rotatable bonds is 5. The Hall–Kier alpha value is -2.58. The first kappa shape index (κ1) is 17.8. The Bertz CT molecular complexity index is 785. The van der Waals surface area contributed by atoms with E-state index in [-0.39, 0.29) is 10.8 Å². The maximum atomic E-state index is 10.9. The lowest BCUT2D eigenvalue weighted by Crippen LogP contribution is -2.19. The molecule has 0 fully saturated rings. The molecule has 2 rings (SSSR count). The minimum Gasteiger partial charge on any atom is -0.497 e. The minimum absolute atomic E-state index is 0.0938. The lowest BCUT2D eigenvalue weighted by Gasteiger charge is -2.15. The number of methoxy groups -OCH3 is 2. The predicted octanol–water partition coefficient (Wildman–Crippen LogP) is 4.07. The third-order valence-corrected chi connectivity index (χ3v) is 3.60. The van der Waals surface area contributed by atoms with E-state index in [2.05, 4.69) is 10.6 Å². The summed E-state index contributed by atoms with van der Waals surface area (Å²) < 4.78 is 10.4. The van der Waals surface area contributed by atoms with Crippen molar-refractivity contribution < 1.29 is 14.4 Å². The first-order valence-corrected chi connectivity index (χ1v) is 7.47. The molecule has 2 aromatic carbocycles. The molecule has 0 unspecified atom stereocenters. The van der Waals surface area contributed by atoms with E-state index in [0.29, 0.717) is 27.9 Å². The Kier molecular flexibility index (Phi) is 5.78. The standard InChI is InChI=1S/C15H14ClN3O4S/c1-22-10-4-6-14(23-2)13(8-10)18-15(24)17-12-7-9(19(20)21)3-5-11(12)16/h3-8H,1-2H3,(H2,17,18,24). The molecule has 0 saturated heterocycles. The van der Waals surface area contributed by atoms with Gasteiger partial charge in [0.15, 0.2) is 5.11 Å². The largest absolute Gasteiger partial charge is 0.497 e. The number of nitro benzene ring substituents is 1. The van der Waals surface area contributed by atoms with Gasteiger partial charge in [-0.2, -0.15) is 0 Å². The van der Waals surface area contributed by atoms with E-state index in [9.17, 15) is 10.1 Å². The zero-order valence-corrected chi connectivity index (χ0v) is 14.4. The summed E-state index contributed by atoms with van der Waals surface area (Å²) in [5.41, 5.74) is 0.810. The molecular formula is C15H14ClN3O4S. The average Bonchev–Trinajstić information content (AvgIpc) is 2.56. The Morgan fingerprint density at radius 1 is 1.12 bits per heavy atom. The molecule has 0 heterocycles. The van der Waals surface area contributed by atoms with Gasteiger partial charge in [-0.1, -0.05) is 11.6 Å². The predicted molar refractivity (Wildman–Crippen MR) is 97.5 cm³/mol. The average molecular weight is 368 g/mol. The van der Waals surface area contributed by atoms with Gasteiger partial charge in [-0.15, -0.1) is 0 Å². The monoisotopic (exact) mass is 367 g/mol. The number of thiocarbonyl (C=S) groups is 1. The van der Waals surface area contributed by atoms with Crippen LogP contribution in [0.1, 0.15) is 0 Å². The van der Waals surface area contributed by atoms with E-state index >= 15 is 0 Å². The van der Waals surface area contributed by atoms with Gasteiger partial charge in [0.1, 0.15) is 11.5 Å². The second-order valence-corrected chi connectivity index (χ2v) is 5.38. The number of ether oxygens (including phenoxy) is 2. The summed E-state index contributed by atoms with van der Waals surface area (Å²) in [6.45, 7) is 0. The summed E-state index contributed by atoms with van der Waals surface area (Å²) in [6, 6.07) is 9.23. The molecule has 24 heavy (non-hydrogen) atoms. The van der Waals surface area contributed by atoms with E-state index in [1.807, 2.05) is 0 Å². The summed E-state index contributed by atoms with van der Waals surface area (Å²) in [5, 5.41) is 17.1. The van der Waals surface area contributed by atoms with Crippen LogP contribution in [0.2, 0.25) is 5.02 Å². The summed E-state index contributed by atoms with van der Waals surface area (Å²) in [7, 11) is 3.08. The van der Waals surface area contributed by atoms with Crippen molar-refractivity contribution in [2.75, 3.05) is 24.9 Å². The number of anilines is 2. The van der Waals surface area contributed by atoms with Crippen LogP contribution in [0.25, 0.3) is 0 Å². The fourth-order valence-corrected chi connectivity index (χ4v) is 2.29. The number of hydrogen-bond donors (Lipinski definition) is 2. The number of non-ortho nitro benzene ring substituents is 1. The van der Waals surface area contributed by atoms with Gasteiger partial charge in [0.2, 0.25) is 0 Å². The minimum atomic E-state index is -0.511. The smallest absolute Gasteiger partial charge is 0.271 e. The van der Waals surface area contributed by atoms with E-state index in [1.54, 1.807) is 25.3 Å². The van der Waals surface area contributed by atoms with Crippen molar-refractivity contribution >= 4 is 46.0 Å². The summed E-state index contributed by atoms with van der Waals surface area (Å²) in [4.78, 5) is 10.3. The highest BCUT2D eigenvalue weighted by molar-refractivity contribution is 7.80. The van der Waals surface area contributed by atoms with Crippen LogP contribution in [0, 0.1) is 10.1 Å². The van der Waals surface area contributed by atoms with Crippen LogP contribution < -0.4 is 20.1 Å². The number of hydrogen-bond acceptors (Lipinski definition) is 5. The van der Waals surface area contributed by atoms with E-state index in [4.69, 9.17) is 33.3 Å². The van der Waals surface area contributed by atoms with Crippen molar-refractivity contribution in [1.82, 2.24) is 0 Å². The number of nitrogens with one attached hydrogen (secondary N) is 2. The molecule has 0 radical (unpaired) electrons. The quantitative estimate of drug-likeness (QED) is 0.468. The third-order valence-electron chi connectivity index (χ3n) is 3.06. The molecular weight excluding hydrogens is 354 g/mol. The highest BCUT2D eigenvalue weighted by atomic mass is 35.5. The molecule has 7 nitrogen and oxygen atoms in total. The number of halogens is 1. The number of nitrogens with zero attached hydrogens (tertiary/aromatic N) is 1. The molecule has 0 atom stereocenters. The van der Waals surface area contributed by atoms with Gasteiger partial charge in [-0.3, -0.25) is 10.1 Å². The fraction of sp³-hybridized carbons (Fsp3) is 0.133. The van der Waals surface area contributed by atoms with Crippen LogP contribution in [-0.2, 0) is 0 Å². The van der Waals surface area contributed by atoms with Crippen LogP contribution in [0.4, 0.5) is 17.1 Å². The first-order chi connectivity index (χ1) is 11.4. The van der Waals surface area contributed by atoms with Crippen molar-refractivity contribution in [3.63, 3.8) is 0 Å². The lowest BCUT2D eigenvalue weighted by molar-refractivity contribution is -0.384. The van der Waals surface area contributed by atoms with Gasteiger partial charge in [0, 0.05) is 18.2 Å². The molecule has 0 amide bonds. The van der Waals surface area contributed by atoms with E-state index in [0.717, 1.165) is 0 Å². The van der Waals surface area contributed by atoms with Gasteiger partial charge in [0.25, 0.3) is 5.69 Å². The van der Waals surface area contributed by atoms with Crippen molar-refractivity contribution in [1.29, 1.82) is 0 Å². The van der Waals surface area contributed by atoms with Crippen LogP contribution in [0.15, 0.2) is 36.4 Å². The molecule has 126 valence electrons. The molecule has 2 aromatic rings. The van der Waals surface area contributed by atoms with Gasteiger partial charge in [-0.25, -0.2) is 0 Å². The van der Waals surface area contributed by atoms with E-state index < -0.39 is 4.92 Å². The maximum absolute atomic E-state index is 10.9. The molecule has 9 heteroatoms. The van der Waals surface area contributed by atoms with Crippen LogP contribution in [0.3, 0.4) is 0 Å². The highest BCUT2D eigenvalue weighted by Gasteiger charge is 2.12. The van der Waals surface area contributed by atoms with Crippen LogP contribution >= 0.6 is 23.8 Å². The van der Waals surface area contributed by atoms with Crippen molar-refractivity contribution in [3.05, 3.63) is 51.5 Å². The molecule has 0 aliphatic rings. The van der Waals surface area contributed by atoms with Crippen molar-refractivity contribution in [2.24, 2.45) is 0 Å². The first-order valence-electron chi connectivity index (χ1n) is 6.68. The molecule has 0 aliphatic heterocycles. The maximum Gasteiger partial charge on any atom is 0.271 e. The molecule has 0 spiro atoms. The van der Waals surface area contributed by atoms with Crippen LogP contribution in [-0.4, -0.2) is 24.3 Å². The number of benzene rings is 2. The molecule has 0 aromatic heterocycles. The van der Waals surface area contributed by atoms with Gasteiger partial charge < -0.3 is 20.1 Å². The molecule has 0 aliphatic carbocycles. The fourth-order valence-electron chi connectivity index (χ4n) is 1.91. The summed E-state index contributed by atoms with van der Waals surface area (Å²) in [5.74, 6) is 1.18. The number of nitro groups is 1. The Balaban J connectivity index is 2.20. The molecule has 0 saturated carbocycles. The zero-order chi connectivity index (χ0) is 17.7. The third kappa shape index (κ3) is 4.24. The van der Waals surface area contributed by atoms with Gasteiger partial charge in [0.05, 0.1) is 35.5 Å². The summed E-state index contributed by atoms with van der Waals surface area (Å²) >= 11 is 11.3. The Morgan fingerprint density at radius 2 is 1.83 bits per heavy atom. The summed E-state index contributed by atoms with van der Waals surface area (Å²) in [6.07, 6.45) is 0. The topological polar surface area (TPSA) is 85.7 Å². The van der Waals surface area contributed by atoms with Crippen molar-refractivity contribution in [3.8, 4) is 11.5 Å². The molecule has 0 bridgehead atoms. The lowest BCUT2D eigenvalue weighted by atomic mass is 10.2. The van der Waals surface area contributed by atoms with E-state index in [1.165, 1.54) is 25.3 Å². The van der Waals surface area contributed by atoms with Gasteiger partial charge >= 0.3 is 0 Å². The normalized spacial score (nSPS) is 9.96. The zero-order valence-electron chi connectivity index (χ0n) is 12.8. The van der Waals surface area contributed by atoms with Gasteiger partial charge in [-0.05, 0) is 30.4 Å². The SMILES string of the molecule is COc1ccc(OC)c(NC(=S)Nc2cc([N+](=O)[O-])ccc2Cl)c1. The van der Waals surface area contributed by atoms with Crippen LogP contribution in [0.5, 0.6) is 11.5 Å². The second kappa shape index (κ2) is 7.80. The second-order valence-electron chi connectivity index (χ2n) is 4.57.